The lowest BCUT2D eigenvalue weighted by Gasteiger charge is -2.25. The van der Waals surface area contributed by atoms with Gasteiger partial charge in [0.15, 0.2) is 11.4 Å². The van der Waals surface area contributed by atoms with Gasteiger partial charge >= 0.3 is 0 Å². The molecule has 6 nitrogen and oxygen atoms in total. The normalized spacial score (nSPS) is 17.8. The molecule has 0 unspecified atom stereocenters. The van der Waals surface area contributed by atoms with Crippen LogP contribution in [0.2, 0.25) is 0 Å². The average molecular weight is 352 g/mol. The van der Waals surface area contributed by atoms with Crippen LogP contribution in [0.4, 0.5) is 5.82 Å². The number of pyridine rings is 1. The summed E-state index contributed by atoms with van der Waals surface area (Å²) in [7, 11) is 0. The molecular formula is C20H26N5O+. The maximum atomic E-state index is 6.30. The smallest absolute Gasteiger partial charge is 0.229 e. The van der Waals surface area contributed by atoms with Gasteiger partial charge in [0.2, 0.25) is 5.71 Å². The van der Waals surface area contributed by atoms with Crippen molar-refractivity contribution in [3.63, 3.8) is 0 Å². The van der Waals surface area contributed by atoms with Crippen LogP contribution in [0.15, 0.2) is 10.7 Å². The van der Waals surface area contributed by atoms with Gasteiger partial charge in [-0.3, -0.25) is 0 Å². The Labute approximate surface area is 153 Å². The van der Waals surface area contributed by atoms with Crippen LogP contribution in [0.25, 0.3) is 22.2 Å². The third-order valence-electron chi connectivity index (χ3n) is 5.78. The van der Waals surface area contributed by atoms with Gasteiger partial charge in [-0.25, -0.2) is 15.0 Å². The molecule has 0 bridgehead atoms. The molecule has 0 amide bonds. The van der Waals surface area contributed by atoms with Crippen molar-refractivity contribution in [2.45, 2.75) is 45.4 Å². The highest BCUT2D eigenvalue weighted by molar-refractivity contribution is 6.06. The molecular weight excluding hydrogens is 326 g/mol. The first kappa shape index (κ1) is 16.0. The zero-order chi connectivity index (χ0) is 17.5. The second-order valence-electron chi connectivity index (χ2n) is 7.48. The van der Waals surface area contributed by atoms with E-state index >= 15 is 0 Å². The molecule has 26 heavy (non-hydrogen) atoms. The summed E-state index contributed by atoms with van der Waals surface area (Å²) in [5, 5.41) is 3.49. The molecule has 0 spiro atoms. The second kappa shape index (κ2) is 6.50. The summed E-state index contributed by atoms with van der Waals surface area (Å²) >= 11 is 0. The van der Waals surface area contributed by atoms with Gasteiger partial charge in [-0.1, -0.05) is 13.3 Å². The lowest BCUT2D eigenvalue weighted by Crippen LogP contribution is -2.89. The number of rotatable bonds is 3. The van der Waals surface area contributed by atoms with Crippen molar-refractivity contribution in [3.8, 4) is 0 Å². The third-order valence-corrected chi connectivity index (χ3v) is 5.78. The Hall–Kier alpha value is -2.21. The third kappa shape index (κ3) is 2.47. The van der Waals surface area contributed by atoms with Crippen molar-refractivity contribution in [2.24, 2.45) is 0 Å². The lowest BCUT2D eigenvalue weighted by atomic mass is 9.88. The Morgan fingerprint density at radius 1 is 1.12 bits per heavy atom. The van der Waals surface area contributed by atoms with Gasteiger partial charge in [-0.2, -0.15) is 0 Å². The monoisotopic (exact) mass is 352 g/mol. The van der Waals surface area contributed by atoms with E-state index < -0.39 is 0 Å². The van der Waals surface area contributed by atoms with Crippen LogP contribution in [0.3, 0.4) is 0 Å². The van der Waals surface area contributed by atoms with E-state index in [9.17, 15) is 0 Å². The van der Waals surface area contributed by atoms with E-state index in [1.54, 1.807) is 6.33 Å². The summed E-state index contributed by atoms with van der Waals surface area (Å²) < 4.78 is 6.30. The number of anilines is 1. The summed E-state index contributed by atoms with van der Waals surface area (Å²) in [6.45, 7) is 6.41. The number of hydrogen-bond acceptors (Lipinski definition) is 5. The van der Waals surface area contributed by atoms with Crippen LogP contribution in [-0.4, -0.2) is 41.1 Å². The fourth-order valence-corrected chi connectivity index (χ4v) is 4.56. The number of furan rings is 1. The van der Waals surface area contributed by atoms with E-state index in [1.807, 2.05) is 0 Å². The topological polar surface area (TPSA) is 71.7 Å². The van der Waals surface area contributed by atoms with E-state index in [2.05, 4.69) is 27.1 Å². The fourth-order valence-electron chi connectivity index (χ4n) is 4.56. The quantitative estimate of drug-likeness (QED) is 0.780. The van der Waals surface area contributed by atoms with E-state index in [1.165, 1.54) is 29.7 Å². The van der Waals surface area contributed by atoms with Crippen molar-refractivity contribution >= 4 is 28.0 Å². The van der Waals surface area contributed by atoms with Crippen LogP contribution >= 0.6 is 0 Å². The Kier molecular flexibility index (Phi) is 4.00. The molecule has 3 aromatic heterocycles. The van der Waals surface area contributed by atoms with Crippen molar-refractivity contribution in [1.29, 1.82) is 0 Å². The number of aryl methyl sites for hydroxylation is 2. The van der Waals surface area contributed by atoms with Gasteiger partial charge in [-0.05, 0) is 43.2 Å². The highest BCUT2D eigenvalue weighted by atomic mass is 16.3. The minimum absolute atomic E-state index is 0.759. The van der Waals surface area contributed by atoms with Crippen LogP contribution in [0.1, 0.15) is 43.0 Å². The number of piperazine rings is 1. The molecule has 1 aliphatic carbocycles. The van der Waals surface area contributed by atoms with Crippen LogP contribution in [0, 0.1) is 0 Å². The number of nitrogens with two attached hydrogens (primary N) is 1. The Balaban J connectivity index is 1.76. The van der Waals surface area contributed by atoms with Gasteiger partial charge in [0.1, 0.15) is 11.8 Å². The zero-order valence-electron chi connectivity index (χ0n) is 15.4. The molecule has 1 fully saturated rings. The molecule has 1 saturated heterocycles. The predicted molar refractivity (Wildman–Crippen MR) is 102 cm³/mol. The fraction of sp³-hybridized carbons (Fsp3) is 0.550. The van der Waals surface area contributed by atoms with E-state index in [0.29, 0.717) is 0 Å². The second-order valence-corrected chi connectivity index (χ2v) is 7.48. The minimum Gasteiger partial charge on any atom is -0.432 e. The Morgan fingerprint density at radius 3 is 2.73 bits per heavy atom. The summed E-state index contributed by atoms with van der Waals surface area (Å²) in [6.07, 6.45) is 8.58. The molecule has 5 rings (SSSR count). The summed E-state index contributed by atoms with van der Waals surface area (Å²) in [6, 6.07) is 0. The summed E-state index contributed by atoms with van der Waals surface area (Å²) in [4.78, 5) is 16.5. The Bertz CT molecular complexity index is 958. The molecule has 0 atom stereocenters. The van der Waals surface area contributed by atoms with Crippen LogP contribution in [-0.2, 0) is 19.3 Å². The maximum absolute atomic E-state index is 6.30. The first-order valence-electron chi connectivity index (χ1n) is 10.0. The lowest BCUT2D eigenvalue weighted by molar-refractivity contribution is -0.655. The number of hydrogen-bond donors (Lipinski definition) is 1. The van der Waals surface area contributed by atoms with Crippen molar-refractivity contribution in [1.82, 2.24) is 15.0 Å². The zero-order valence-corrected chi connectivity index (χ0v) is 15.4. The van der Waals surface area contributed by atoms with Gasteiger partial charge < -0.3 is 14.6 Å². The van der Waals surface area contributed by atoms with E-state index in [-0.39, 0.29) is 0 Å². The standard InChI is InChI=1S/C20H25N5O/c1-2-5-15-13-6-3-4-7-14(13)16-17-18(26-20(16)24-15)19(23-12-22-17)25-10-8-21-9-11-25/h12,21H,2-11H2,1H3/p+1. The van der Waals surface area contributed by atoms with Crippen molar-refractivity contribution in [3.05, 3.63) is 23.1 Å². The molecule has 0 saturated carbocycles. The molecule has 1 aliphatic heterocycles. The Morgan fingerprint density at radius 2 is 1.92 bits per heavy atom. The first-order chi connectivity index (χ1) is 12.9. The number of aromatic nitrogens is 3. The van der Waals surface area contributed by atoms with Gasteiger partial charge in [-0.15, -0.1) is 0 Å². The SMILES string of the molecule is CCCc1nc2oc3c(N4CC[NH2+]CC4)ncnc3c2c2c1CCCC2. The molecule has 6 heteroatoms. The summed E-state index contributed by atoms with van der Waals surface area (Å²) in [5.41, 5.74) is 6.65. The van der Waals surface area contributed by atoms with Crippen molar-refractivity contribution < 1.29 is 9.73 Å². The molecule has 3 aromatic rings. The van der Waals surface area contributed by atoms with E-state index in [4.69, 9.17) is 9.40 Å². The molecule has 0 aromatic carbocycles. The van der Waals surface area contributed by atoms with Crippen molar-refractivity contribution in [2.75, 3.05) is 31.1 Å². The maximum Gasteiger partial charge on any atom is 0.229 e. The predicted octanol–water partition coefficient (Wildman–Crippen LogP) is 1.99. The molecule has 2 aliphatic rings. The summed E-state index contributed by atoms with van der Waals surface area (Å²) in [5.74, 6) is 0.933. The average Bonchev–Trinajstić information content (AvgIpc) is 3.07. The van der Waals surface area contributed by atoms with Crippen LogP contribution in [0.5, 0.6) is 0 Å². The molecule has 136 valence electrons. The minimum atomic E-state index is 0.759. The first-order valence-corrected chi connectivity index (χ1v) is 10.0. The van der Waals surface area contributed by atoms with Gasteiger partial charge in [0, 0.05) is 5.69 Å². The van der Waals surface area contributed by atoms with E-state index in [0.717, 1.165) is 79.9 Å². The largest absolute Gasteiger partial charge is 0.432 e. The van der Waals surface area contributed by atoms with Gasteiger partial charge in [0.05, 0.1) is 31.6 Å². The number of fused-ring (bicyclic) bond motifs is 5. The number of nitrogens with zero attached hydrogens (tertiary/aromatic N) is 4. The van der Waals surface area contributed by atoms with Gasteiger partial charge in [0.25, 0.3) is 0 Å². The molecule has 2 N–H and O–H groups in total. The highest BCUT2D eigenvalue weighted by Crippen LogP contribution is 2.38. The highest BCUT2D eigenvalue weighted by Gasteiger charge is 2.26. The molecule has 4 heterocycles. The number of quaternary nitrogens is 1. The molecule has 0 radical (unpaired) electrons. The van der Waals surface area contributed by atoms with Crippen LogP contribution < -0.4 is 10.2 Å².